The van der Waals surface area contributed by atoms with Gasteiger partial charge in [-0.3, -0.25) is 4.79 Å². The van der Waals surface area contributed by atoms with Gasteiger partial charge in [0.1, 0.15) is 11.5 Å². The first-order valence-electron chi connectivity index (χ1n) is 14.3. The lowest BCUT2D eigenvalue weighted by molar-refractivity contribution is -0.273. The summed E-state index contributed by atoms with van der Waals surface area (Å²) in [5, 5.41) is 34.0. The van der Waals surface area contributed by atoms with E-state index in [1.807, 2.05) is 13.8 Å². The second-order valence-corrected chi connectivity index (χ2v) is 15.7. The van der Waals surface area contributed by atoms with Gasteiger partial charge in [0.05, 0.1) is 17.8 Å². The van der Waals surface area contributed by atoms with Crippen LogP contribution in [0.25, 0.3) is 0 Å². The third kappa shape index (κ3) is 2.64. The van der Waals surface area contributed by atoms with Gasteiger partial charge in [0.2, 0.25) is 0 Å². The third-order valence-corrected chi connectivity index (χ3v) is 13.9. The molecule has 0 aromatic rings. The number of carbonyl (C=O) groups excluding carboxylic acids is 1. The molecule has 12 unspecified atom stereocenters. The van der Waals surface area contributed by atoms with E-state index in [1.165, 1.54) is 0 Å². The molecule has 2 bridgehead atoms. The fourth-order valence-electron chi connectivity index (χ4n) is 12.2. The fraction of sp³-hybridized carbons (Fsp3) is 0.967. The van der Waals surface area contributed by atoms with Gasteiger partial charge < -0.3 is 20.1 Å². The van der Waals surface area contributed by atoms with E-state index in [-0.39, 0.29) is 51.7 Å². The number of esters is 1. The van der Waals surface area contributed by atoms with E-state index in [0.717, 1.165) is 38.5 Å². The normalized spacial score (nSPS) is 58.6. The molecule has 5 aliphatic carbocycles. The molecule has 5 nitrogen and oxygen atoms in total. The Bertz CT molecular complexity index is 938. The van der Waals surface area contributed by atoms with Crippen LogP contribution in [0.3, 0.4) is 0 Å². The van der Waals surface area contributed by atoms with Gasteiger partial charge in [-0.15, -0.1) is 0 Å². The van der Waals surface area contributed by atoms with Crippen LogP contribution in [0.15, 0.2) is 0 Å². The highest BCUT2D eigenvalue weighted by atomic mass is 16.6. The van der Waals surface area contributed by atoms with Crippen molar-refractivity contribution in [1.29, 1.82) is 0 Å². The van der Waals surface area contributed by atoms with Crippen LogP contribution in [0.5, 0.6) is 0 Å². The Balaban J connectivity index is 1.44. The number of hydrogen-bond acceptors (Lipinski definition) is 5. The standard InChI is InChI=1S/C30H48O5/c1-25(2)18-10-13-28(6)19(27(18,5)12-11-20(25)31)9-8-16-22-23(26(3,4)34)17-14-30(22,24(33)35-17)21(32)15-29(16,28)7/h16-23,31-32,34H,8-15H2,1-7H3. The van der Waals surface area contributed by atoms with Gasteiger partial charge >= 0.3 is 5.97 Å². The van der Waals surface area contributed by atoms with Gasteiger partial charge in [-0.25, -0.2) is 0 Å². The lowest BCUT2D eigenvalue weighted by Gasteiger charge is -2.73. The van der Waals surface area contributed by atoms with Crippen molar-refractivity contribution in [3.05, 3.63) is 0 Å². The highest BCUT2D eigenvalue weighted by molar-refractivity contribution is 5.82. The molecule has 1 aliphatic heterocycles. The second kappa shape index (κ2) is 6.86. The number of hydrogen-bond donors (Lipinski definition) is 3. The van der Waals surface area contributed by atoms with E-state index in [4.69, 9.17) is 4.74 Å². The number of ether oxygens (including phenoxy) is 1. The smallest absolute Gasteiger partial charge is 0.315 e. The molecule has 1 saturated heterocycles. The molecule has 35 heavy (non-hydrogen) atoms. The van der Waals surface area contributed by atoms with Crippen molar-refractivity contribution in [3.63, 3.8) is 0 Å². The summed E-state index contributed by atoms with van der Waals surface area (Å²) in [4.78, 5) is 13.3. The number of aliphatic hydroxyl groups is 3. The molecule has 1 spiro atoms. The molecular formula is C30H48O5. The molecule has 0 aromatic heterocycles. The van der Waals surface area contributed by atoms with Crippen LogP contribution in [0, 0.1) is 56.7 Å². The summed E-state index contributed by atoms with van der Waals surface area (Å²) >= 11 is 0. The van der Waals surface area contributed by atoms with Crippen molar-refractivity contribution < 1.29 is 24.9 Å². The van der Waals surface area contributed by atoms with Crippen LogP contribution >= 0.6 is 0 Å². The van der Waals surface area contributed by atoms with Gasteiger partial charge in [-0.05, 0) is 104 Å². The van der Waals surface area contributed by atoms with Gasteiger partial charge in [0.15, 0.2) is 0 Å². The van der Waals surface area contributed by atoms with Crippen LogP contribution < -0.4 is 0 Å². The molecule has 5 heteroatoms. The highest BCUT2D eigenvalue weighted by Crippen LogP contribution is 2.78. The Kier molecular flexibility index (Phi) is 4.83. The maximum Gasteiger partial charge on any atom is 0.315 e. The summed E-state index contributed by atoms with van der Waals surface area (Å²) in [6.07, 6.45) is 6.31. The summed E-state index contributed by atoms with van der Waals surface area (Å²) < 4.78 is 5.81. The van der Waals surface area contributed by atoms with Crippen molar-refractivity contribution in [3.8, 4) is 0 Å². The van der Waals surface area contributed by atoms with Gasteiger partial charge in [0.25, 0.3) is 0 Å². The number of carbonyl (C=O) groups is 1. The van der Waals surface area contributed by atoms with Crippen molar-refractivity contribution >= 4 is 5.97 Å². The minimum Gasteiger partial charge on any atom is -0.461 e. The average molecular weight is 489 g/mol. The van der Waals surface area contributed by atoms with Crippen LogP contribution in [-0.4, -0.2) is 45.2 Å². The minimum absolute atomic E-state index is 0.0320. The minimum atomic E-state index is -0.958. The largest absolute Gasteiger partial charge is 0.461 e. The van der Waals surface area contributed by atoms with Crippen molar-refractivity contribution in [2.24, 2.45) is 56.7 Å². The third-order valence-electron chi connectivity index (χ3n) is 13.9. The quantitative estimate of drug-likeness (QED) is 0.466. The second-order valence-electron chi connectivity index (χ2n) is 15.7. The lowest BCUT2D eigenvalue weighted by Crippen LogP contribution is -2.70. The van der Waals surface area contributed by atoms with Crippen LogP contribution in [0.1, 0.15) is 99.8 Å². The zero-order valence-electron chi connectivity index (χ0n) is 22.9. The van der Waals surface area contributed by atoms with Crippen LogP contribution in [0.4, 0.5) is 0 Å². The molecule has 6 fully saturated rings. The Labute approximate surface area is 211 Å². The van der Waals surface area contributed by atoms with Gasteiger partial charge in [-0.2, -0.15) is 0 Å². The number of aliphatic hydroxyl groups excluding tert-OH is 2. The molecule has 0 amide bonds. The van der Waals surface area contributed by atoms with E-state index in [0.29, 0.717) is 30.6 Å². The SMILES string of the molecule is CC(C)(O)C1C2CC3(C(=O)O2)C(O)CC2(C)C(CCC4C5(C)CCC(O)C(C)(C)C5CCC42C)C13. The molecule has 3 N–H and O–H groups in total. The van der Waals surface area contributed by atoms with Gasteiger partial charge in [-0.1, -0.05) is 34.6 Å². The topological polar surface area (TPSA) is 87.0 Å². The van der Waals surface area contributed by atoms with Crippen LogP contribution in [0.2, 0.25) is 0 Å². The van der Waals surface area contributed by atoms with Crippen LogP contribution in [-0.2, 0) is 9.53 Å². The van der Waals surface area contributed by atoms with Crippen molar-refractivity contribution in [2.45, 2.75) is 124 Å². The average Bonchev–Trinajstić information content (AvgIpc) is 3.25. The predicted octanol–water partition coefficient (Wildman–Crippen LogP) is 4.71. The molecule has 1 heterocycles. The first-order valence-corrected chi connectivity index (χ1v) is 14.3. The Morgan fingerprint density at radius 1 is 0.857 bits per heavy atom. The van der Waals surface area contributed by atoms with E-state index >= 15 is 0 Å². The van der Waals surface area contributed by atoms with Crippen molar-refractivity contribution in [2.75, 3.05) is 0 Å². The molecule has 0 radical (unpaired) electrons. The number of fused-ring (bicyclic) bond motifs is 7. The molecule has 5 saturated carbocycles. The molecular weight excluding hydrogens is 440 g/mol. The summed E-state index contributed by atoms with van der Waals surface area (Å²) in [6.45, 7) is 15.7. The Hall–Kier alpha value is -0.650. The zero-order chi connectivity index (χ0) is 25.6. The summed E-state index contributed by atoms with van der Waals surface area (Å²) in [5.41, 5.74) is -1.76. The van der Waals surface area contributed by atoms with Crippen molar-refractivity contribution in [1.82, 2.24) is 0 Å². The van der Waals surface area contributed by atoms with E-state index in [9.17, 15) is 20.1 Å². The molecule has 12 atom stereocenters. The number of rotatable bonds is 1. The zero-order valence-corrected chi connectivity index (χ0v) is 22.9. The predicted molar refractivity (Wildman–Crippen MR) is 133 cm³/mol. The molecule has 6 rings (SSSR count). The maximum absolute atomic E-state index is 13.3. The Morgan fingerprint density at radius 3 is 2.20 bits per heavy atom. The fourth-order valence-corrected chi connectivity index (χ4v) is 12.2. The molecule has 0 aromatic carbocycles. The highest BCUT2D eigenvalue weighted by Gasteiger charge is 2.79. The maximum atomic E-state index is 13.3. The summed E-state index contributed by atoms with van der Waals surface area (Å²) in [5.74, 6) is 0.954. The summed E-state index contributed by atoms with van der Waals surface area (Å²) in [7, 11) is 0. The molecule has 198 valence electrons. The summed E-state index contributed by atoms with van der Waals surface area (Å²) in [6, 6.07) is 0. The molecule has 6 aliphatic rings. The first-order chi connectivity index (χ1) is 16.0. The first kappa shape index (κ1) is 24.7. The van der Waals surface area contributed by atoms with E-state index in [1.54, 1.807) is 0 Å². The monoisotopic (exact) mass is 488 g/mol. The van der Waals surface area contributed by atoms with Gasteiger partial charge in [0, 0.05) is 12.3 Å². The Morgan fingerprint density at radius 2 is 1.54 bits per heavy atom. The lowest BCUT2D eigenvalue weighted by atomic mass is 9.32. The van der Waals surface area contributed by atoms with E-state index < -0.39 is 17.1 Å². The van der Waals surface area contributed by atoms with E-state index in [2.05, 4.69) is 34.6 Å².